The second kappa shape index (κ2) is 7.96. The summed E-state index contributed by atoms with van der Waals surface area (Å²) in [6, 6.07) is 8.97. The molecule has 1 N–H and O–H groups in total. The van der Waals surface area contributed by atoms with Gasteiger partial charge in [-0.3, -0.25) is 4.79 Å². The monoisotopic (exact) mass is 340 g/mol. The van der Waals surface area contributed by atoms with Gasteiger partial charge in [0, 0.05) is 25.0 Å². The Morgan fingerprint density at radius 1 is 1.12 bits per heavy atom. The first-order valence-electron chi connectivity index (χ1n) is 8.78. The summed E-state index contributed by atoms with van der Waals surface area (Å²) < 4.78 is 5.60. The van der Waals surface area contributed by atoms with Crippen LogP contribution < -0.4 is 15.0 Å². The van der Waals surface area contributed by atoms with E-state index in [0.29, 0.717) is 17.3 Å². The Kier molecular flexibility index (Phi) is 5.48. The van der Waals surface area contributed by atoms with Crippen molar-refractivity contribution in [1.29, 1.82) is 0 Å². The maximum absolute atomic E-state index is 12.5. The number of piperidine rings is 1. The number of ether oxygens (including phenoxy) is 1. The summed E-state index contributed by atoms with van der Waals surface area (Å²) in [6.07, 6.45) is 5.29. The SMILES string of the molecule is CC(C)Oc1ccc(NC(=O)c2ccnc(N3CCCCC3)n2)cc1. The van der Waals surface area contributed by atoms with Gasteiger partial charge in [-0.2, -0.15) is 0 Å². The number of anilines is 2. The average molecular weight is 340 g/mol. The first-order chi connectivity index (χ1) is 12.1. The van der Waals surface area contributed by atoms with E-state index in [1.54, 1.807) is 12.3 Å². The summed E-state index contributed by atoms with van der Waals surface area (Å²) in [5.41, 5.74) is 1.08. The average Bonchev–Trinajstić information content (AvgIpc) is 2.64. The molecule has 0 bridgehead atoms. The molecule has 2 heterocycles. The van der Waals surface area contributed by atoms with Crippen LogP contribution in [-0.4, -0.2) is 35.1 Å². The number of hydrogen-bond acceptors (Lipinski definition) is 5. The summed E-state index contributed by atoms with van der Waals surface area (Å²) in [6.45, 7) is 5.85. The van der Waals surface area contributed by atoms with E-state index in [1.165, 1.54) is 6.42 Å². The van der Waals surface area contributed by atoms with Gasteiger partial charge in [0.05, 0.1) is 6.10 Å². The highest BCUT2D eigenvalue weighted by Crippen LogP contribution is 2.18. The molecule has 0 aliphatic carbocycles. The van der Waals surface area contributed by atoms with Crippen molar-refractivity contribution in [2.45, 2.75) is 39.2 Å². The molecule has 0 atom stereocenters. The summed E-state index contributed by atoms with van der Waals surface area (Å²) in [4.78, 5) is 23.3. The van der Waals surface area contributed by atoms with Crippen molar-refractivity contribution in [2.24, 2.45) is 0 Å². The Bertz CT molecular complexity index is 710. The number of carbonyl (C=O) groups excluding carboxylic acids is 1. The molecule has 1 aromatic carbocycles. The summed E-state index contributed by atoms with van der Waals surface area (Å²) in [7, 11) is 0. The minimum absolute atomic E-state index is 0.120. The van der Waals surface area contributed by atoms with Crippen molar-refractivity contribution < 1.29 is 9.53 Å². The van der Waals surface area contributed by atoms with Crippen LogP contribution in [0.25, 0.3) is 0 Å². The van der Waals surface area contributed by atoms with Crippen LogP contribution in [0.4, 0.5) is 11.6 Å². The zero-order valence-corrected chi connectivity index (χ0v) is 14.7. The molecular formula is C19H24N4O2. The van der Waals surface area contributed by atoms with Crippen LogP contribution in [-0.2, 0) is 0 Å². The van der Waals surface area contributed by atoms with Gasteiger partial charge in [0.15, 0.2) is 0 Å². The molecule has 0 saturated carbocycles. The van der Waals surface area contributed by atoms with Gasteiger partial charge in [-0.05, 0) is 63.4 Å². The van der Waals surface area contributed by atoms with Crippen LogP contribution >= 0.6 is 0 Å². The second-order valence-corrected chi connectivity index (χ2v) is 6.43. The third-order valence-corrected chi connectivity index (χ3v) is 4.00. The number of carbonyl (C=O) groups is 1. The molecule has 0 radical (unpaired) electrons. The molecule has 3 rings (SSSR count). The largest absolute Gasteiger partial charge is 0.491 e. The number of benzene rings is 1. The molecule has 2 aromatic rings. The van der Waals surface area contributed by atoms with Crippen molar-refractivity contribution in [3.63, 3.8) is 0 Å². The van der Waals surface area contributed by atoms with Crippen molar-refractivity contribution in [3.05, 3.63) is 42.2 Å². The molecule has 1 aliphatic rings. The molecule has 1 fully saturated rings. The van der Waals surface area contributed by atoms with Crippen LogP contribution in [0.15, 0.2) is 36.5 Å². The van der Waals surface area contributed by atoms with Gasteiger partial charge in [-0.15, -0.1) is 0 Å². The summed E-state index contributed by atoms with van der Waals surface area (Å²) in [5, 5.41) is 2.87. The number of hydrogen-bond donors (Lipinski definition) is 1. The summed E-state index contributed by atoms with van der Waals surface area (Å²) in [5.74, 6) is 1.17. The Balaban J connectivity index is 1.66. The normalized spacial score (nSPS) is 14.4. The van der Waals surface area contributed by atoms with Crippen molar-refractivity contribution >= 4 is 17.5 Å². The molecule has 25 heavy (non-hydrogen) atoms. The lowest BCUT2D eigenvalue weighted by atomic mass is 10.1. The van der Waals surface area contributed by atoms with E-state index in [2.05, 4.69) is 20.2 Å². The van der Waals surface area contributed by atoms with Crippen LogP contribution in [0.3, 0.4) is 0 Å². The van der Waals surface area contributed by atoms with Crippen LogP contribution in [0, 0.1) is 0 Å². The van der Waals surface area contributed by atoms with Gasteiger partial charge >= 0.3 is 0 Å². The second-order valence-electron chi connectivity index (χ2n) is 6.43. The number of aromatic nitrogens is 2. The van der Waals surface area contributed by atoms with Crippen molar-refractivity contribution in [1.82, 2.24) is 9.97 Å². The van der Waals surface area contributed by atoms with E-state index in [-0.39, 0.29) is 12.0 Å². The van der Waals surface area contributed by atoms with Crippen LogP contribution in [0.5, 0.6) is 5.75 Å². The van der Waals surface area contributed by atoms with Crippen molar-refractivity contribution in [2.75, 3.05) is 23.3 Å². The van der Waals surface area contributed by atoms with E-state index >= 15 is 0 Å². The van der Waals surface area contributed by atoms with E-state index in [4.69, 9.17) is 4.74 Å². The minimum Gasteiger partial charge on any atom is -0.491 e. The zero-order chi connectivity index (χ0) is 17.6. The van der Waals surface area contributed by atoms with Gasteiger partial charge in [0.2, 0.25) is 5.95 Å². The highest BCUT2D eigenvalue weighted by Gasteiger charge is 2.16. The molecule has 1 saturated heterocycles. The van der Waals surface area contributed by atoms with Gasteiger partial charge in [-0.25, -0.2) is 9.97 Å². The predicted molar refractivity (Wildman–Crippen MR) is 98.3 cm³/mol. The zero-order valence-electron chi connectivity index (χ0n) is 14.7. The van der Waals surface area contributed by atoms with Crippen LogP contribution in [0.2, 0.25) is 0 Å². The Morgan fingerprint density at radius 3 is 2.52 bits per heavy atom. The first kappa shape index (κ1) is 17.2. The summed E-state index contributed by atoms with van der Waals surface area (Å²) >= 11 is 0. The highest BCUT2D eigenvalue weighted by molar-refractivity contribution is 6.03. The number of nitrogens with zero attached hydrogens (tertiary/aromatic N) is 3. The van der Waals surface area contributed by atoms with Crippen LogP contribution in [0.1, 0.15) is 43.6 Å². The number of amides is 1. The fraction of sp³-hybridized carbons (Fsp3) is 0.421. The Morgan fingerprint density at radius 2 is 1.84 bits per heavy atom. The Hall–Kier alpha value is -2.63. The fourth-order valence-corrected chi connectivity index (χ4v) is 2.81. The van der Waals surface area contributed by atoms with Gasteiger partial charge in [0.1, 0.15) is 11.4 Å². The molecule has 0 spiro atoms. The van der Waals surface area contributed by atoms with Crippen molar-refractivity contribution in [3.8, 4) is 5.75 Å². The Labute approximate surface area is 148 Å². The molecule has 6 nitrogen and oxygen atoms in total. The molecule has 1 amide bonds. The maximum Gasteiger partial charge on any atom is 0.274 e. The minimum atomic E-state index is -0.238. The molecule has 6 heteroatoms. The highest BCUT2D eigenvalue weighted by atomic mass is 16.5. The van der Waals surface area contributed by atoms with E-state index in [1.807, 2.05) is 38.1 Å². The molecule has 0 unspecified atom stereocenters. The van der Waals surface area contributed by atoms with E-state index < -0.39 is 0 Å². The predicted octanol–water partition coefficient (Wildman–Crippen LogP) is 3.51. The quantitative estimate of drug-likeness (QED) is 0.902. The van der Waals surface area contributed by atoms with E-state index in [0.717, 1.165) is 31.7 Å². The molecule has 1 aromatic heterocycles. The molecule has 1 aliphatic heterocycles. The van der Waals surface area contributed by atoms with Gasteiger partial charge < -0.3 is 15.0 Å². The molecule has 132 valence electrons. The first-order valence-corrected chi connectivity index (χ1v) is 8.78. The third kappa shape index (κ3) is 4.68. The lowest BCUT2D eigenvalue weighted by Crippen LogP contribution is -2.31. The third-order valence-electron chi connectivity index (χ3n) is 4.00. The fourth-order valence-electron chi connectivity index (χ4n) is 2.81. The van der Waals surface area contributed by atoms with Gasteiger partial charge in [-0.1, -0.05) is 0 Å². The molecular weight excluding hydrogens is 316 g/mol. The van der Waals surface area contributed by atoms with Gasteiger partial charge in [0.25, 0.3) is 5.91 Å². The maximum atomic E-state index is 12.5. The van der Waals surface area contributed by atoms with E-state index in [9.17, 15) is 4.79 Å². The number of rotatable bonds is 5. The lowest BCUT2D eigenvalue weighted by Gasteiger charge is -2.26. The topological polar surface area (TPSA) is 67.3 Å². The standard InChI is InChI=1S/C19H24N4O2/c1-14(2)25-16-8-6-15(7-9-16)21-18(24)17-10-11-20-19(22-17)23-12-4-3-5-13-23/h6-11,14H,3-5,12-13H2,1-2H3,(H,21,24). The smallest absolute Gasteiger partial charge is 0.274 e. The number of nitrogens with one attached hydrogen (secondary N) is 1. The lowest BCUT2D eigenvalue weighted by molar-refractivity contribution is 0.102.